The maximum atomic E-state index is 13.0. The van der Waals surface area contributed by atoms with Crippen LogP contribution in [0.15, 0.2) is 47.1 Å². The van der Waals surface area contributed by atoms with Crippen LogP contribution in [-0.4, -0.2) is 62.6 Å². The monoisotopic (exact) mass is 547 g/mol. The van der Waals surface area contributed by atoms with Crippen molar-refractivity contribution < 1.29 is 28.7 Å². The molecule has 186 valence electrons. The zero-order valence-corrected chi connectivity index (χ0v) is 20.9. The Morgan fingerprint density at radius 2 is 2.28 bits per heavy atom. The first kappa shape index (κ1) is 24.1. The Morgan fingerprint density at radius 1 is 1.47 bits per heavy atom. The molecule has 0 aromatic carbocycles. The van der Waals surface area contributed by atoms with Crippen molar-refractivity contribution in [2.45, 2.75) is 17.8 Å². The number of oxime groups is 1. The van der Waals surface area contributed by atoms with Crippen molar-refractivity contribution in [2.24, 2.45) is 5.16 Å². The lowest BCUT2D eigenvalue weighted by molar-refractivity contribution is -0.511. The number of nitrogens with two attached hydrogens (primary N) is 1. The molecule has 2 aliphatic heterocycles. The molecular weight excluding hydrogens is 530 g/mol. The van der Waals surface area contributed by atoms with Crippen LogP contribution in [0.25, 0.3) is 5.52 Å². The van der Waals surface area contributed by atoms with E-state index in [0.717, 1.165) is 27.4 Å². The minimum Gasteiger partial charge on any atom is -0.543 e. The number of carboxylic acids is 1. The molecule has 2 atom stereocenters. The van der Waals surface area contributed by atoms with E-state index in [0.29, 0.717) is 17.7 Å². The summed E-state index contributed by atoms with van der Waals surface area (Å²) < 4.78 is 2.02. The summed E-state index contributed by atoms with van der Waals surface area (Å²) in [5, 5.41) is 17.9. The number of nitrogens with zero attached hydrogens (tertiary/aromatic N) is 4. The first-order valence-corrected chi connectivity index (χ1v) is 12.7. The maximum absolute atomic E-state index is 13.0. The van der Waals surface area contributed by atoms with Gasteiger partial charge in [-0.1, -0.05) is 34.2 Å². The summed E-state index contributed by atoms with van der Waals surface area (Å²) in [4.78, 5) is 51.1. The van der Waals surface area contributed by atoms with E-state index in [9.17, 15) is 19.5 Å². The van der Waals surface area contributed by atoms with E-state index in [1.807, 2.05) is 28.8 Å². The Labute approximate surface area is 216 Å². The van der Waals surface area contributed by atoms with E-state index in [1.165, 1.54) is 18.9 Å². The summed E-state index contributed by atoms with van der Waals surface area (Å²) in [6.45, 7) is 0. The molecule has 15 heteroatoms. The summed E-state index contributed by atoms with van der Waals surface area (Å²) in [6, 6.07) is 4.68. The molecule has 2 aliphatic rings. The molecule has 4 N–H and O–H groups in total. The zero-order chi connectivity index (χ0) is 25.6. The number of aliphatic carboxylic acids is 1. The van der Waals surface area contributed by atoms with E-state index in [4.69, 9.17) is 22.2 Å². The quantitative estimate of drug-likeness (QED) is 0.153. The summed E-state index contributed by atoms with van der Waals surface area (Å²) in [5.74, 6) is -2.47. The van der Waals surface area contributed by atoms with Crippen LogP contribution >= 0.6 is 34.7 Å². The summed E-state index contributed by atoms with van der Waals surface area (Å²) in [6.07, 6.45) is 3.93. The fraction of sp³-hybridized carbons (Fsp3) is 0.238. The van der Waals surface area contributed by atoms with Gasteiger partial charge in [0, 0.05) is 12.2 Å². The number of H-pyrrole nitrogens is 1. The number of aromatic amines is 1. The third kappa shape index (κ3) is 4.06. The minimum atomic E-state index is -1.46. The lowest BCUT2D eigenvalue weighted by Crippen LogP contribution is -2.71. The van der Waals surface area contributed by atoms with Gasteiger partial charge in [0.05, 0.1) is 17.9 Å². The van der Waals surface area contributed by atoms with E-state index in [2.05, 4.69) is 20.4 Å². The maximum Gasteiger partial charge on any atom is 0.276 e. The lowest BCUT2D eigenvalue weighted by Gasteiger charge is -2.50. The van der Waals surface area contributed by atoms with Crippen molar-refractivity contribution in [3.63, 3.8) is 0 Å². The highest BCUT2D eigenvalue weighted by Gasteiger charge is 2.53. The van der Waals surface area contributed by atoms with Crippen LogP contribution in [0.2, 0.25) is 4.34 Å². The van der Waals surface area contributed by atoms with E-state index < -0.39 is 29.2 Å². The topological polar surface area (TPSA) is 170 Å². The molecule has 3 aromatic heterocycles. The van der Waals surface area contributed by atoms with Gasteiger partial charge in [-0.05, 0) is 17.7 Å². The number of pyridine rings is 1. The van der Waals surface area contributed by atoms with E-state index in [1.54, 1.807) is 6.33 Å². The Hall–Kier alpha value is -3.62. The second-order valence-corrected chi connectivity index (χ2v) is 10.6. The third-order valence-electron chi connectivity index (χ3n) is 5.72. The highest BCUT2D eigenvalue weighted by molar-refractivity contribution is 8.00. The lowest BCUT2D eigenvalue weighted by atomic mass is 10.00. The number of carbonyl (C=O) groups excluding carboxylic acids is 3. The number of anilines is 1. The van der Waals surface area contributed by atoms with Gasteiger partial charge in [0.1, 0.15) is 28.6 Å². The molecule has 12 nitrogen and oxygen atoms in total. The first-order valence-electron chi connectivity index (χ1n) is 10.5. The third-order valence-corrected chi connectivity index (χ3v) is 8.14. The van der Waals surface area contributed by atoms with Crippen LogP contribution in [0, 0.1) is 0 Å². The molecule has 3 aromatic rings. The van der Waals surface area contributed by atoms with Crippen molar-refractivity contribution >= 4 is 68.8 Å². The molecular formula is C21H18ClN7O5S2. The number of thiazole rings is 1. The fourth-order valence-electron chi connectivity index (χ4n) is 4.16. The molecule has 5 heterocycles. The molecule has 0 radical (unpaired) electrons. The molecule has 0 aliphatic carbocycles. The first-order chi connectivity index (χ1) is 17.3. The highest BCUT2D eigenvalue weighted by Crippen LogP contribution is 2.41. The van der Waals surface area contributed by atoms with Gasteiger partial charge in [0.25, 0.3) is 11.8 Å². The molecule has 1 fully saturated rings. The number of β-lactam (4-membered cyclic amide) rings is 1. The Bertz CT molecular complexity index is 1470. The average Bonchev–Trinajstić information content (AvgIpc) is 3.42. The predicted molar refractivity (Wildman–Crippen MR) is 130 cm³/mol. The second-order valence-electron chi connectivity index (χ2n) is 7.82. The van der Waals surface area contributed by atoms with Gasteiger partial charge >= 0.3 is 0 Å². The molecule has 2 amide bonds. The van der Waals surface area contributed by atoms with Gasteiger partial charge in [-0.3, -0.25) is 14.5 Å². The van der Waals surface area contributed by atoms with Gasteiger partial charge in [0.2, 0.25) is 6.33 Å². The number of carboxylic acid groups (broad SMARTS) is 1. The number of hydrogen-bond acceptors (Lipinski definition) is 10. The molecule has 0 saturated carbocycles. The van der Waals surface area contributed by atoms with E-state index >= 15 is 0 Å². The van der Waals surface area contributed by atoms with Gasteiger partial charge in [0.15, 0.2) is 22.1 Å². The fourth-order valence-corrected chi connectivity index (χ4v) is 6.44. The summed E-state index contributed by atoms with van der Waals surface area (Å²) >= 11 is 8.41. The highest BCUT2D eigenvalue weighted by atomic mass is 35.5. The van der Waals surface area contributed by atoms with Crippen LogP contribution in [0.4, 0.5) is 5.13 Å². The molecule has 1 unspecified atom stereocenters. The van der Waals surface area contributed by atoms with Gasteiger partial charge in [-0.15, -0.1) is 11.8 Å². The van der Waals surface area contributed by atoms with Crippen molar-refractivity contribution in [3.8, 4) is 0 Å². The SMILES string of the molecule is CO/N=C(\C(=O)NC1C(=O)N2C(C(=O)[O-])=C(Cc3[nH]c[n+]4ccccc34)CS[C@H]12)c1nc(N)sc1Cl. The van der Waals surface area contributed by atoms with Gasteiger partial charge in [-0.2, -0.15) is 0 Å². The number of hydrogen-bond donors (Lipinski definition) is 3. The average molecular weight is 548 g/mol. The van der Waals surface area contributed by atoms with Crippen LogP contribution in [0.1, 0.15) is 11.4 Å². The number of imidazole rings is 1. The molecule has 5 rings (SSSR count). The number of nitrogen functional groups attached to an aromatic ring is 1. The largest absolute Gasteiger partial charge is 0.543 e. The van der Waals surface area contributed by atoms with Crippen molar-refractivity contribution in [1.29, 1.82) is 0 Å². The zero-order valence-electron chi connectivity index (χ0n) is 18.6. The second kappa shape index (κ2) is 9.44. The van der Waals surface area contributed by atoms with Crippen LogP contribution in [-0.2, 0) is 25.6 Å². The Morgan fingerprint density at radius 3 is 2.97 bits per heavy atom. The van der Waals surface area contributed by atoms with Crippen LogP contribution in [0.3, 0.4) is 0 Å². The predicted octanol–water partition coefficient (Wildman–Crippen LogP) is -0.557. The molecule has 1 saturated heterocycles. The minimum absolute atomic E-state index is 0.0205. The number of fused-ring (bicyclic) bond motifs is 2. The van der Waals surface area contributed by atoms with Crippen molar-refractivity contribution in [3.05, 3.63) is 57.7 Å². The van der Waals surface area contributed by atoms with Gasteiger partial charge in [-0.25, -0.2) is 14.4 Å². The molecule has 36 heavy (non-hydrogen) atoms. The Balaban J connectivity index is 1.38. The van der Waals surface area contributed by atoms with Crippen molar-refractivity contribution in [2.75, 3.05) is 18.6 Å². The van der Waals surface area contributed by atoms with Crippen LogP contribution in [0.5, 0.6) is 0 Å². The molecule has 0 spiro atoms. The number of amides is 2. The van der Waals surface area contributed by atoms with Crippen molar-refractivity contribution in [1.82, 2.24) is 20.2 Å². The van der Waals surface area contributed by atoms with Gasteiger partial charge < -0.3 is 25.8 Å². The number of halogens is 1. The number of rotatable bonds is 7. The Kier molecular flexibility index (Phi) is 6.32. The standard InChI is InChI=1S/C21H18ClN7O5S2/c1-34-27-13(12-16(22)36-21(23)26-12)17(30)25-14-18(31)29-15(20(32)33)9(7-35-19(14)29)6-10-11-4-2-3-5-28(11)8-24-10/h2-5,8,14,19H,6-7H2,1H3,(H4,23,25,26,30,32,33)/b27-13-/t14?,19-/m1/s1. The normalized spacial score (nSPS) is 19.8. The van der Waals surface area contributed by atoms with Crippen LogP contribution < -0.4 is 20.6 Å². The van der Waals surface area contributed by atoms with E-state index in [-0.39, 0.29) is 26.6 Å². The molecule has 0 bridgehead atoms. The number of aromatic nitrogens is 3. The summed E-state index contributed by atoms with van der Waals surface area (Å²) in [7, 11) is 1.24. The number of carbonyl (C=O) groups is 3. The number of thioether (sulfide) groups is 1. The summed E-state index contributed by atoms with van der Waals surface area (Å²) in [5.41, 5.74) is 7.48. The number of nitrogens with one attached hydrogen (secondary N) is 2. The smallest absolute Gasteiger partial charge is 0.276 e.